The molecule has 10 heavy (non-hydrogen) atoms. The molecule has 0 saturated heterocycles. The van der Waals surface area contributed by atoms with Crippen LogP contribution < -0.4 is 5.73 Å². The zero-order valence-electron chi connectivity index (χ0n) is 6.16. The smallest absolute Gasteiger partial charge is 0.254 e. The zero-order valence-corrected chi connectivity index (χ0v) is 6.16. The third-order valence-electron chi connectivity index (χ3n) is 2.34. The van der Waals surface area contributed by atoms with E-state index in [2.05, 4.69) is 0 Å². The molecule has 1 saturated carbocycles. The quantitative estimate of drug-likeness (QED) is 0.650. The van der Waals surface area contributed by atoms with Crippen molar-refractivity contribution in [2.75, 3.05) is 6.54 Å². The van der Waals surface area contributed by atoms with Gasteiger partial charge in [0.05, 0.1) is 0 Å². The number of hydrogen-bond donors (Lipinski definition) is 1. The maximum Gasteiger partial charge on any atom is 0.254 e. The standard InChI is InChI=1S/C7H13F2N/c1-6(2-3-6)7(8,9)4-5-10/h2-5,10H2,1H3. The van der Waals surface area contributed by atoms with E-state index >= 15 is 0 Å². The molecular formula is C7H13F2N. The van der Waals surface area contributed by atoms with E-state index in [9.17, 15) is 8.78 Å². The molecule has 1 nitrogen and oxygen atoms in total. The number of alkyl halides is 2. The summed E-state index contributed by atoms with van der Waals surface area (Å²) in [5, 5.41) is 0. The van der Waals surface area contributed by atoms with Crippen LogP contribution in [0.3, 0.4) is 0 Å². The summed E-state index contributed by atoms with van der Waals surface area (Å²) in [5.74, 6) is -2.53. The molecule has 60 valence electrons. The monoisotopic (exact) mass is 149 g/mol. The summed E-state index contributed by atoms with van der Waals surface area (Å²) >= 11 is 0. The molecule has 1 rings (SSSR count). The van der Waals surface area contributed by atoms with Gasteiger partial charge >= 0.3 is 0 Å². The van der Waals surface area contributed by atoms with Crippen LogP contribution in [0.1, 0.15) is 26.2 Å². The molecule has 0 aromatic rings. The maximum absolute atomic E-state index is 12.9. The van der Waals surface area contributed by atoms with Crippen LogP contribution >= 0.6 is 0 Å². The van der Waals surface area contributed by atoms with Gasteiger partial charge in [0.1, 0.15) is 0 Å². The van der Waals surface area contributed by atoms with Crippen molar-refractivity contribution in [1.29, 1.82) is 0 Å². The van der Waals surface area contributed by atoms with Gasteiger partial charge in [0.15, 0.2) is 0 Å². The fourth-order valence-corrected chi connectivity index (χ4v) is 1.04. The number of nitrogens with two attached hydrogens (primary N) is 1. The summed E-state index contributed by atoms with van der Waals surface area (Å²) < 4.78 is 25.8. The van der Waals surface area contributed by atoms with Gasteiger partial charge in [0, 0.05) is 11.8 Å². The fourth-order valence-electron chi connectivity index (χ4n) is 1.04. The molecular weight excluding hydrogens is 136 g/mol. The third-order valence-corrected chi connectivity index (χ3v) is 2.34. The normalized spacial score (nSPS) is 22.8. The van der Waals surface area contributed by atoms with Gasteiger partial charge in [-0.25, -0.2) is 8.78 Å². The second-order valence-corrected chi connectivity index (χ2v) is 3.30. The summed E-state index contributed by atoms with van der Waals surface area (Å²) in [6.45, 7) is 1.71. The van der Waals surface area contributed by atoms with E-state index in [4.69, 9.17) is 5.73 Å². The molecule has 1 fully saturated rings. The summed E-state index contributed by atoms with van der Waals surface area (Å²) in [7, 11) is 0. The van der Waals surface area contributed by atoms with Crippen molar-refractivity contribution < 1.29 is 8.78 Å². The molecule has 0 aromatic heterocycles. The summed E-state index contributed by atoms with van der Waals surface area (Å²) in [6, 6.07) is 0. The number of halogens is 2. The minimum Gasteiger partial charge on any atom is -0.330 e. The van der Waals surface area contributed by atoms with Gasteiger partial charge in [-0.1, -0.05) is 6.92 Å². The first-order valence-electron chi connectivity index (χ1n) is 3.60. The highest BCUT2D eigenvalue weighted by Gasteiger charge is 2.57. The minimum absolute atomic E-state index is 0.0859. The second kappa shape index (κ2) is 2.16. The number of hydrogen-bond acceptors (Lipinski definition) is 1. The van der Waals surface area contributed by atoms with Gasteiger partial charge in [-0.05, 0) is 19.4 Å². The molecule has 0 atom stereocenters. The van der Waals surface area contributed by atoms with Crippen LogP contribution in [-0.4, -0.2) is 12.5 Å². The average molecular weight is 149 g/mol. The van der Waals surface area contributed by atoms with Gasteiger partial charge in [0.25, 0.3) is 5.92 Å². The van der Waals surface area contributed by atoms with Gasteiger partial charge in [-0.2, -0.15) is 0 Å². The van der Waals surface area contributed by atoms with E-state index in [0.29, 0.717) is 12.8 Å². The first-order valence-corrected chi connectivity index (χ1v) is 3.60. The Kier molecular flexibility index (Phi) is 1.71. The van der Waals surface area contributed by atoms with Crippen molar-refractivity contribution in [1.82, 2.24) is 0 Å². The average Bonchev–Trinajstić information content (AvgIpc) is 2.49. The van der Waals surface area contributed by atoms with Crippen molar-refractivity contribution in [3.63, 3.8) is 0 Å². The molecule has 1 aliphatic carbocycles. The van der Waals surface area contributed by atoms with Gasteiger partial charge in [0.2, 0.25) is 0 Å². The molecule has 2 N–H and O–H groups in total. The molecule has 1 aliphatic rings. The molecule has 0 bridgehead atoms. The summed E-state index contributed by atoms with van der Waals surface area (Å²) in [6.07, 6.45) is 1.14. The Hall–Kier alpha value is -0.180. The Bertz CT molecular complexity index is 130. The van der Waals surface area contributed by atoms with Crippen molar-refractivity contribution in [2.24, 2.45) is 11.1 Å². The molecule has 0 amide bonds. The summed E-state index contributed by atoms with van der Waals surface area (Å²) in [4.78, 5) is 0. The van der Waals surface area contributed by atoms with Crippen LogP contribution in [0.15, 0.2) is 0 Å². The lowest BCUT2D eigenvalue weighted by atomic mass is 9.98. The SMILES string of the molecule is CC1(C(F)(F)CCN)CC1. The van der Waals surface area contributed by atoms with Gasteiger partial charge in [-0.3, -0.25) is 0 Å². The predicted octanol–water partition coefficient (Wildman–Crippen LogP) is 1.77. The number of rotatable bonds is 3. The Morgan fingerprint density at radius 1 is 1.50 bits per heavy atom. The highest BCUT2D eigenvalue weighted by Crippen LogP contribution is 2.57. The van der Waals surface area contributed by atoms with E-state index < -0.39 is 11.3 Å². The lowest BCUT2D eigenvalue weighted by Crippen LogP contribution is -2.30. The summed E-state index contributed by atoms with van der Waals surface area (Å²) in [5.41, 5.74) is 4.34. The third kappa shape index (κ3) is 1.15. The van der Waals surface area contributed by atoms with Gasteiger partial charge < -0.3 is 5.73 Å². The van der Waals surface area contributed by atoms with E-state index in [1.54, 1.807) is 6.92 Å². The topological polar surface area (TPSA) is 26.0 Å². The first kappa shape index (κ1) is 7.92. The van der Waals surface area contributed by atoms with Crippen molar-refractivity contribution in [3.8, 4) is 0 Å². The van der Waals surface area contributed by atoms with Crippen LogP contribution in [0.25, 0.3) is 0 Å². The van der Waals surface area contributed by atoms with Crippen LogP contribution in [0.2, 0.25) is 0 Å². The van der Waals surface area contributed by atoms with E-state index in [0.717, 1.165) is 0 Å². The van der Waals surface area contributed by atoms with Gasteiger partial charge in [-0.15, -0.1) is 0 Å². The molecule has 0 aliphatic heterocycles. The van der Waals surface area contributed by atoms with E-state index in [1.807, 2.05) is 0 Å². The van der Waals surface area contributed by atoms with Crippen LogP contribution in [0.5, 0.6) is 0 Å². The van der Waals surface area contributed by atoms with Crippen molar-refractivity contribution in [3.05, 3.63) is 0 Å². The van der Waals surface area contributed by atoms with Crippen molar-refractivity contribution >= 4 is 0 Å². The second-order valence-electron chi connectivity index (χ2n) is 3.30. The fraction of sp³-hybridized carbons (Fsp3) is 1.00. The molecule has 0 aromatic carbocycles. The zero-order chi connectivity index (χ0) is 7.83. The van der Waals surface area contributed by atoms with Crippen LogP contribution in [-0.2, 0) is 0 Å². The largest absolute Gasteiger partial charge is 0.330 e. The Morgan fingerprint density at radius 2 is 2.00 bits per heavy atom. The highest BCUT2D eigenvalue weighted by atomic mass is 19.3. The Balaban J connectivity index is 2.50. The molecule has 0 unspecified atom stereocenters. The van der Waals surface area contributed by atoms with Crippen LogP contribution in [0, 0.1) is 5.41 Å². The maximum atomic E-state index is 12.9. The van der Waals surface area contributed by atoms with E-state index in [-0.39, 0.29) is 13.0 Å². The minimum atomic E-state index is -2.53. The molecule has 3 heteroatoms. The molecule has 0 spiro atoms. The van der Waals surface area contributed by atoms with Crippen LogP contribution in [0.4, 0.5) is 8.78 Å². The lowest BCUT2D eigenvalue weighted by Gasteiger charge is -2.21. The molecule has 0 radical (unpaired) electrons. The predicted molar refractivity (Wildman–Crippen MR) is 36.0 cm³/mol. The Labute approximate surface area is 59.6 Å². The first-order chi connectivity index (χ1) is 4.52. The lowest BCUT2D eigenvalue weighted by molar-refractivity contribution is -0.0699. The highest BCUT2D eigenvalue weighted by molar-refractivity contribution is 4.99. The molecule has 0 heterocycles. The van der Waals surface area contributed by atoms with Crippen molar-refractivity contribution in [2.45, 2.75) is 32.1 Å². The van der Waals surface area contributed by atoms with E-state index in [1.165, 1.54) is 0 Å². The Morgan fingerprint density at radius 3 is 2.30 bits per heavy atom.